The van der Waals surface area contributed by atoms with Crippen molar-refractivity contribution in [3.63, 3.8) is 0 Å². The molecule has 10 nitrogen and oxygen atoms in total. The van der Waals surface area contributed by atoms with Gasteiger partial charge < -0.3 is 23.4 Å². The SMILES string of the molecule is CCOC(=O)C1=C(C)N=c2s/c(=C\c3ccc(-c4ccc(Cl)c(C(=O)OC)c4)o3)c(=O)n2[C@H]1c1cc(OC)c(OC)cc1Br. The third-order valence-corrected chi connectivity index (χ3v) is 8.87. The van der Waals surface area contributed by atoms with Crippen LogP contribution in [0, 0.1) is 0 Å². The second kappa shape index (κ2) is 12.8. The lowest BCUT2D eigenvalue weighted by molar-refractivity contribution is -0.139. The standard InChI is InChI=1S/C31H26BrClN2O8S/c1-6-42-30(38)26-15(2)34-31-35(27(26)18-13-23(39-3)24(40-4)14-20(18)32)28(36)25(44-31)12-17-8-10-22(43-17)16-7-9-21(33)19(11-16)29(37)41-5/h7-14,27H,6H2,1-5H3/b25-12-/t27-/m0/s1. The quantitative estimate of drug-likeness (QED) is 0.228. The predicted molar refractivity (Wildman–Crippen MR) is 168 cm³/mol. The minimum absolute atomic E-state index is 0.148. The number of nitrogens with zero attached hydrogens (tertiary/aromatic N) is 2. The van der Waals surface area contributed by atoms with E-state index < -0.39 is 18.0 Å². The van der Waals surface area contributed by atoms with Crippen LogP contribution in [0.3, 0.4) is 0 Å². The van der Waals surface area contributed by atoms with Gasteiger partial charge in [0.05, 0.1) is 60.4 Å². The maximum Gasteiger partial charge on any atom is 0.339 e. The fraction of sp³-hybridized carbons (Fsp3) is 0.226. The Balaban J connectivity index is 1.65. The second-order valence-electron chi connectivity index (χ2n) is 9.42. The van der Waals surface area contributed by atoms with E-state index >= 15 is 0 Å². The Kier molecular flexibility index (Phi) is 9.14. The fourth-order valence-electron chi connectivity index (χ4n) is 4.82. The van der Waals surface area contributed by atoms with Gasteiger partial charge in [0.15, 0.2) is 16.3 Å². The lowest BCUT2D eigenvalue weighted by atomic mass is 9.95. The van der Waals surface area contributed by atoms with Gasteiger partial charge in [-0.1, -0.05) is 38.9 Å². The molecule has 2 aromatic heterocycles. The minimum Gasteiger partial charge on any atom is -0.493 e. The van der Waals surface area contributed by atoms with Crippen molar-refractivity contribution < 1.29 is 33.0 Å². The summed E-state index contributed by atoms with van der Waals surface area (Å²) in [5.41, 5.74) is 1.65. The molecule has 2 aromatic carbocycles. The molecule has 0 amide bonds. The first kappa shape index (κ1) is 31.3. The number of furan rings is 1. The van der Waals surface area contributed by atoms with Crippen molar-refractivity contribution in [3.05, 3.63) is 99.8 Å². The number of carbonyl (C=O) groups excluding carboxylic acids is 2. The van der Waals surface area contributed by atoms with Crippen LogP contribution in [0.1, 0.15) is 41.6 Å². The molecular formula is C31H26BrClN2O8S. The van der Waals surface area contributed by atoms with Gasteiger partial charge >= 0.3 is 11.9 Å². The largest absolute Gasteiger partial charge is 0.493 e. The summed E-state index contributed by atoms with van der Waals surface area (Å²) in [7, 11) is 4.30. The monoisotopic (exact) mass is 700 g/mol. The van der Waals surface area contributed by atoms with Crippen LogP contribution in [0.15, 0.2) is 72.4 Å². The van der Waals surface area contributed by atoms with E-state index in [1.165, 1.54) is 25.9 Å². The van der Waals surface area contributed by atoms with E-state index in [4.69, 9.17) is 35.0 Å². The van der Waals surface area contributed by atoms with Gasteiger partial charge in [-0.05, 0) is 61.9 Å². The van der Waals surface area contributed by atoms with Crippen LogP contribution in [-0.2, 0) is 14.3 Å². The van der Waals surface area contributed by atoms with Crippen molar-refractivity contribution in [2.24, 2.45) is 4.99 Å². The van der Waals surface area contributed by atoms with Gasteiger partial charge in [0.2, 0.25) is 0 Å². The van der Waals surface area contributed by atoms with Gasteiger partial charge in [0.1, 0.15) is 11.5 Å². The number of hydrogen-bond donors (Lipinski definition) is 0. The summed E-state index contributed by atoms with van der Waals surface area (Å²) in [5.74, 6) is 0.592. The van der Waals surface area contributed by atoms with Crippen LogP contribution in [0.25, 0.3) is 17.4 Å². The Morgan fingerprint density at radius 1 is 1.09 bits per heavy atom. The van der Waals surface area contributed by atoms with Crippen molar-refractivity contribution in [2.45, 2.75) is 19.9 Å². The minimum atomic E-state index is -0.875. The molecule has 0 aliphatic carbocycles. The van der Waals surface area contributed by atoms with Crippen LogP contribution in [0.2, 0.25) is 5.02 Å². The lowest BCUT2D eigenvalue weighted by Gasteiger charge is -2.26. The van der Waals surface area contributed by atoms with Crippen molar-refractivity contribution >= 4 is 56.9 Å². The molecule has 0 N–H and O–H groups in total. The average molecular weight is 702 g/mol. The summed E-state index contributed by atoms with van der Waals surface area (Å²) in [6, 6.07) is 10.9. The molecule has 0 fully saturated rings. The smallest absolute Gasteiger partial charge is 0.339 e. The summed E-state index contributed by atoms with van der Waals surface area (Å²) in [5, 5.41) is 0.252. The third-order valence-electron chi connectivity index (χ3n) is 6.87. The molecule has 44 heavy (non-hydrogen) atoms. The Morgan fingerprint density at radius 3 is 2.50 bits per heavy atom. The van der Waals surface area contributed by atoms with Crippen LogP contribution < -0.4 is 24.4 Å². The second-order valence-corrected chi connectivity index (χ2v) is 11.7. The van der Waals surface area contributed by atoms with E-state index in [9.17, 15) is 14.4 Å². The van der Waals surface area contributed by atoms with E-state index in [1.54, 1.807) is 62.4 Å². The molecule has 1 aliphatic heterocycles. The maximum absolute atomic E-state index is 14.0. The number of methoxy groups -OCH3 is 3. The van der Waals surface area contributed by atoms with Crippen molar-refractivity contribution in [2.75, 3.05) is 27.9 Å². The summed E-state index contributed by atoms with van der Waals surface area (Å²) < 4.78 is 29.6. The first-order chi connectivity index (χ1) is 21.1. The highest BCUT2D eigenvalue weighted by Gasteiger charge is 2.35. The lowest BCUT2D eigenvalue weighted by Crippen LogP contribution is -2.40. The Hall–Kier alpha value is -4.13. The number of rotatable bonds is 8. The van der Waals surface area contributed by atoms with Crippen LogP contribution >= 0.6 is 38.9 Å². The number of hydrogen-bond acceptors (Lipinski definition) is 10. The molecule has 0 spiro atoms. The number of benzene rings is 2. The van der Waals surface area contributed by atoms with Crippen molar-refractivity contribution in [3.8, 4) is 22.8 Å². The highest BCUT2D eigenvalue weighted by molar-refractivity contribution is 9.10. The Bertz CT molecular complexity index is 2010. The molecule has 0 saturated carbocycles. The number of ether oxygens (including phenoxy) is 4. The van der Waals surface area contributed by atoms with Gasteiger partial charge in [0, 0.05) is 16.1 Å². The summed E-state index contributed by atoms with van der Waals surface area (Å²) in [6.45, 7) is 3.57. The zero-order chi connectivity index (χ0) is 31.7. The molecule has 0 bridgehead atoms. The number of aromatic nitrogens is 1. The molecule has 0 radical (unpaired) electrons. The van der Waals surface area contributed by atoms with Gasteiger partial charge in [0.25, 0.3) is 5.56 Å². The summed E-state index contributed by atoms with van der Waals surface area (Å²) in [4.78, 5) is 44.4. The normalized spacial score (nSPS) is 14.6. The number of thiazole rings is 1. The Morgan fingerprint density at radius 2 is 1.82 bits per heavy atom. The molecular weight excluding hydrogens is 676 g/mol. The molecule has 0 unspecified atom stereocenters. The summed E-state index contributed by atoms with van der Waals surface area (Å²) in [6.07, 6.45) is 1.61. The molecule has 4 aromatic rings. The number of halogens is 2. The number of esters is 2. The number of allylic oxidation sites excluding steroid dienone is 1. The van der Waals surface area contributed by atoms with Gasteiger partial charge in [-0.15, -0.1) is 0 Å². The van der Waals surface area contributed by atoms with Crippen LogP contribution in [-0.4, -0.2) is 44.4 Å². The average Bonchev–Trinajstić information content (AvgIpc) is 3.60. The van der Waals surface area contributed by atoms with E-state index in [2.05, 4.69) is 20.9 Å². The van der Waals surface area contributed by atoms with Gasteiger partial charge in [-0.2, -0.15) is 0 Å². The highest BCUT2D eigenvalue weighted by atomic mass is 79.9. The first-order valence-electron chi connectivity index (χ1n) is 13.2. The molecule has 13 heteroatoms. The predicted octanol–water partition coefficient (Wildman–Crippen LogP) is 5.28. The third kappa shape index (κ3) is 5.72. The van der Waals surface area contributed by atoms with E-state index in [0.29, 0.717) is 53.6 Å². The van der Waals surface area contributed by atoms with Crippen molar-refractivity contribution in [1.29, 1.82) is 0 Å². The topological polar surface area (TPSA) is 119 Å². The number of carbonyl (C=O) groups is 2. The van der Waals surface area contributed by atoms with Crippen molar-refractivity contribution in [1.82, 2.24) is 4.57 Å². The van der Waals surface area contributed by atoms with E-state index in [1.807, 2.05) is 0 Å². The highest BCUT2D eigenvalue weighted by Crippen LogP contribution is 2.41. The van der Waals surface area contributed by atoms with E-state index in [-0.39, 0.29) is 28.3 Å². The summed E-state index contributed by atoms with van der Waals surface area (Å²) >= 11 is 10.9. The molecule has 3 heterocycles. The number of fused-ring (bicyclic) bond motifs is 1. The zero-order valence-corrected chi connectivity index (χ0v) is 27.4. The Labute approximate surface area is 268 Å². The first-order valence-corrected chi connectivity index (χ1v) is 15.2. The molecule has 5 rings (SSSR count). The van der Waals surface area contributed by atoms with Crippen LogP contribution in [0.4, 0.5) is 0 Å². The van der Waals surface area contributed by atoms with Crippen LogP contribution in [0.5, 0.6) is 11.5 Å². The fourth-order valence-corrected chi connectivity index (χ4v) is 6.59. The zero-order valence-electron chi connectivity index (χ0n) is 24.2. The molecule has 1 atom stereocenters. The van der Waals surface area contributed by atoms with Gasteiger partial charge in [-0.25, -0.2) is 14.6 Å². The van der Waals surface area contributed by atoms with E-state index in [0.717, 1.165) is 11.3 Å². The van der Waals surface area contributed by atoms with Gasteiger partial charge in [-0.3, -0.25) is 9.36 Å². The molecule has 0 saturated heterocycles. The molecule has 228 valence electrons. The maximum atomic E-state index is 14.0. The molecule has 1 aliphatic rings.